The Morgan fingerprint density at radius 3 is 1.75 bits per heavy atom. The molecule has 3 atom stereocenters. The lowest BCUT2D eigenvalue weighted by Gasteiger charge is -2.45. The molecule has 1 fully saturated rings. The van der Waals surface area contributed by atoms with Gasteiger partial charge in [0.15, 0.2) is 6.61 Å². The number of hydrogen-bond donors (Lipinski definition) is 2. The predicted molar refractivity (Wildman–Crippen MR) is 146 cm³/mol. The monoisotopic (exact) mass is 601 g/mol. The number of hydrazine groups is 1. The molecular formula is C30H24BrN3O6. The topological polar surface area (TPSA) is 122 Å². The highest BCUT2D eigenvalue weighted by atomic mass is 79.9. The normalized spacial score (nSPS) is 22.6. The van der Waals surface area contributed by atoms with Crippen LogP contribution in [-0.4, -0.2) is 47.1 Å². The largest absolute Gasteiger partial charge is 0.454 e. The number of amides is 4. The smallest absolute Gasteiger partial charge is 0.329 e. The number of carbonyl (C=O) groups is 5. The summed E-state index contributed by atoms with van der Waals surface area (Å²) < 4.78 is 5.92. The van der Waals surface area contributed by atoms with Crippen LogP contribution in [0, 0.1) is 11.8 Å². The van der Waals surface area contributed by atoms with E-state index < -0.39 is 54.1 Å². The molecule has 0 spiro atoms. The fourth-order valence-electron chi connectivity index (χ4n) is 6.28. The molecule has 1 saturated heterocycles. The van der Waals surface area contributed by atoms with E-state index in [2.05, 4.69) is 26.8 Å². The molecule has 1 aliphatic heterocycles. The Morgan fingerprint density at radius 2 is 1.27 bits per heavy atom. The van der Waals surface area contributed by atoms with Gasteiger partial charge in [-0.3, -0.25) is 34.9 Å². The molecule has 0 radical (unpaired) electrons. The van der Waals surface area contributed by atoms with Crippen molar-refractivity contribution in [2.45, 2.75) is 24.8 Å². The van der Waals surface area contributed by atoms with Crippen molar-refractivity contribution in [3.05, 3.63) is 105 Å². The van der Waals surface area contributed by atoms with E-state index in [9.17, 15) is 24.0 Å². The zero-order valence-electron chi connectivity index (χ0n) is 21.3. The highest BCUT2D eigenvalue weighted by Gasteiger charge is 2.62. The zero-order valence-corrected chi connectivity index (χ0v) is 22.9. The number of esters is 1. The fraction of sp³-hybridized carbons (Fsp3) is 0.233. The fourth-order valence-corrected chi connectivity index (χ4v) is 6.55. The van der Waals surface area contributed by atoms with Crippen molar-refractivity contribution in [2.75, 3.05) is 6.61 Å². The maximum absolute atomic E-state index is 13.7. The average Bonchev–Trinajstić information content (AvgIpc) is 3.24. The van der Waals surface area contributed by atoms with E-state index in [1.54, 1.807) is 24.3 Å². The molecule has 3 aliphatic carbocycles. The Hall–Kier alpha value is -4.31. The number of nitrogens with zero attached hydrogens (tertiary/aromatic N) is 1. The summed E-state index contributed by atoms with van der Waals surface area (Å²) in [5.41, 5.74) is 8.89. The summed E-state index contributed by atoms with van der Waals surface area (Å²) in [5.74, 6) is -4.84. The number of rotatable bonds is 5. The molecule has 0 saturated carbocycles. The summed E-state index contributed by atoms with van der Waals surface area (Å²) in [4.78, 5) is 65.8. The molecule has 9 nitrogen and oxygen atoms in total. The average molecular weight is 602 g/mol. The van der Waals surface area contributed by atoms with Gasteiger partial charge < -0.3 is 4.74 Å². The highest BCUT2D eigenvalue weighted by molar-refractivity contribution is 9.10. The Kier molecular flexibility index (Phi) is 6.50. The Labute approximate surface area is 238 Å². The molecule has 2 N–H and O–H groups in total. The minimum absolute atomic E-state index is 0.285. The second kappa shape index (κ2) is 10.0. The molecule has 7 rings (SSSR count). The van der Waals surface area contributed by atoms with E-state index >= 15 is 0 Å². The third-order valence-electron chi connectivity index (χ3n) is 7.98. The molecule has 4 amide bonds. The summed E-state index contributed by atoms with van der Waals surface area (Å²) in [6.45, 7) is 0.722. The van der Waals surface area contributed by atoms with Crippen LogP contribution in [0.4, 0.5) is 0 Å². The maximum Gasteiger partial charge on any atom is 0.329 e. The zero-order chi connectivity index (χ0) is 28.1. The van der Waals surface area contributed by atoms with Gasteiger partial charge in [-0.15, -0.1) is 0 Å². The summed E-state index contributed by atoms with van der Waals surface area (Å²) in [6.07, 6.45) is 0. The van der Waals surface area contributed by atoms with Crippen LogP contribution >= 0.6 is 15.9 Å². The summed E-state index contributed by atoms with van der Waals surface area (Å²) in [5, 5.41) is 0. The van der Waals surface area contributed by atoms with Crippen molar-refractivity contribution in [3.8, 4) is 0 Å². The molecule has 1 heterocycles. The first kappa shape index (κ1) is 25.9. The van der Waals surface area contributed by atoms with E-state index in [1.165, 1.54) is 6.92 Å². The lowest BCUT2D eigenvalue weighted by molar-refractivity contribution is -0.159. The standard InChI is InChI=1S/C30H24BrN3O6/c1-15(30(39)40-14-22(35)32-33-27(36)16-10-12-17(31)13-11-16)34-28(37)25-23-18-6-2-3-7-19(18)24(26(25)29(34)38)21-9-5-4-8-20(21)23/h2-13,15,23-26H,14H2,1H3,(H,32,35)(H,33,36)/t15-,23?,24?,25-,26-/m1/s1. The first-order valence-corrected chi connectivity index (χ1v) is 13.6. The predicted octanol–water partition coefficient (Wildman–Crippen LogP) is 3.03. The third kappa shape index (κ3) is 4.10. The number of halogens is 1. The summed E-state index contributed by atoms with van der Waals surface area (Å²) in [6, 6.07) is 21.0. The van der Waals surface area contributed by atoms with Crippen molar-refractivity contribution in [2.24, 2.45) is 11.8 Å². The van der Waals surface area contributed by atoms with E-state index in [1.807, 2.05) is 48.5 Å². The number of nitrogens with one attached hydrogen (secondary N) is 2. The molecule has 40 heavy (non-hydrogen) atoms. The van der Waals surface area contributed by atoms with Gasteiger partial charge in [-0.2, -0.15) is 0 Å². The molecular weight excluding hydrogens is 578 g/mol. The minimum Gasteiger partial charge on any atom is -0.454 e. The molecule has 0 unspecified atom stereocenters. The van der Waals surface area contributed by atoms with Crippen molar-refractivity contribution >= 4 is 45.5 Å². The van der Waals surface area contributed by atoms with Gasteiger partial charge in [0.1, 0.15) is 6.04 Å². The SMILES string of the molecule is C[C@H](C(=O)OCC(=O)NNC(=O)c1ccc(Br)cc1)N1C(=O)[C@@H]2C3c4ccccc4C(c4ccccc43)[C@H]2C1=O. The second-order valence-electron chi connectivity index (χ2n) is 10.1. The van der Waals surface area contributed by atoms with Gasteiger partial charge in [0.2, 0.25) is 11.8 Å². The molecule has 3 aromatic rings. The first-order chi connectivity index (χ1) is 19.3. The molecule has 10 heteroatoms. The summed E-state index contributed by atoms with van der Waals surface area (Å²) in [7, 11) is 0. The van der Waals surface area contributed by atoms with Crippen LogP contribution in [0.5, 0.6) is 0 Å². The van der Waals surface area contributed by atoms with Crippen molar-refractivity contribution in [1.82, 2.24) is 15.8 Å². The van der Waals surface area contributed by atoms with Gasteiger partial charge in [0, 0.05) is 21.9 Å². The van der Waals surface area contributed by atoms with Crippen molar-refractivity contribution in [3.63, 3.8) is 0 Å². The van der Waals surface area contributed by atoms with E-state index in [4.69, 9.17) is 4.74 Å². The molecule has 3 aromatic carbocycles. The number of imide groups is 1. The number of benzene rings is 3. The van der Waals surface area contributed by atoms with E-state index in [0.29, 0.717) is 5.56 Å². The second-order valence-corrected chi connectivity index (χ2v) is 11.0. The van der Waals surface area contributed by atoms with Crippen molar-refractivity contribution < 1.29 is 28.7 Å². The number of hydrogen-bond acceptors (Lipinski definition) is 6. The van der Waals surface area contributed by atoms with Gasteiger partial charge in [-0.1, -0.05) is 64.5 Å². The lowest BCUT2D eigenvalue weighted by Crippen LogP contribution is -2.47. The van der Waals surface area contributed by atoms with Crippen LogP contribution in [0.25, 0.3) is 0 Å². The minimum atomic E-state index is -1.22. The van der Waals surface area contributed by atoms with E-state index in [-0.39, 0.29) is 11.8 Å². The van der Waals surface area contributed by atoms with Gasteiger partial charge in [-0.05, 0) is 53.4 Å². The van der Waals surface area contributed by atoms with Gasteiger partial charge in [-0.25, -0.2) is 4.79 Å². The summed E-state index contributed by atoms with van der Waals surface area (Å²) >= 11 is 3.28. The molecule has 202 valence electrons. The molecule has 2 bridgehead atoms. The van der Waals surface area contributed by atoms with Gasteiger partial charge >= 0.3 is 5.97 Å². The molecule has 0 aromatic heterocycles. The van der Waals surface area contributed by atoms with Crippen LogP contribution in [-0.2, 0) is 23.9 Å². The Bertz CT molecular complexity index is 1460. The van der Waals surface area contributed by atoms with Crippen LogP contribution in [0.15, 0.2) is 77.3 Å². The van der Waals surface area contributed by atoms with Gasteiger partial charge in [0.05, 0.1) is 11.8 Å². The lowest BCUT2D eigenvalue weighted by atomic mass is 9.55. The quantitative estimate of drug-likeness (QED) is 0.263. The van der Waals surface area contributed by atoms with Gasteiger partial charge in [0.25, 0.3) is 11.8 Å². The first-order valence-electron chi connectivity index (χ1n) is 12.8. The number of likely N-dealkylation sites (tertiary alicyclic amines) is 1. The van der Waals surface area contributed by atoms with E-state index in [0.717, 1.165) is 31.6 Å². The van der Waals surface area contributed by atoms with Crippen molar-refractivity contribution in [1.29, 1.82) is 0 Å². The van der Waals surface area contributed by atoms with Crippen LogP contribution in [0.2, 0.25) is 0 Å². The number of ether oxygens (including phenoxy) is 1. The molecule has 4 aliphatic rings. The van der Waals surface area contributed by atoms with Crippen LogP contribution in [0.3, 0.4) is 0 Å². The van der Waals surface area contributed by atoms with Crippen LogP contribution < -0.4 is 10.9 Å². The third-order valence-corrected chi connectivity index (χ3v) is 8.51. The Morgan fingerprint density at radius 1 is 0.800 bits per heavy atom. The highest BCUT2D eigenvalue weighted by Crippen LogP contribution is 2.61. The maximum atomic E-state index is 13.7. The Balaban J connectivity index is 1.13. The van der Waals surface area contributed by atoms with Crippen LogP contribution in [0.1, 0.15) is 51.4 Å². The number of carbonyl (C=O) groups excluding carboxylic acids is 5.